The van der Waals surface area contributed by atoms with Crippen LogP contribution in [0.4, 0.5) is 5.69 Å². The molecule has 7 heteroatoms. The summed E-state index contributed by atoms with van der Waals surface area (Å²) in [5.74, 6) is -0.817. The Morgan fingerprint density at radius 1 is 1.15 bits per heavy atom. The summed E-state index contributed by atoms with van der Waals surface area (Å²) < 4.78 is 3.33. The van der Waals surface area contributed by atoms with E-state index < -0.39 is 12.0 Å². The van der Waals surface area contributed by atoms with E-state index in [-0.39, 0.29) is 18.0 Å². The van der Waals surface area contributed by atoms with E-state index in [1.807, 2.05) is 42.5 Å². The van der Waals surface area contributed by atoms with Gasteiger partial charge < -0.3 is 10.0 Å². The Balaban J connectivity index is 1.65. The minimum Gasteiger partial charge on any atom is -0.481 e. The van der Waals surface area contributed by atoms with Crippen molar-refractivity contribution in [2.24, 2.45) is 0 Å². The third-order valence-electron chi connectivity index (χ3n) is 6.81. The number of aliphatic carboxylic acids is 1. The van der Waals surface area contributed by atoms with Crippen molar-refractivity contribution in [1.29, 1.82) is 0 Å². The molecule has 3 heterocycles. The first-order valence-corrected chi connectivity index (χ1v) is 11.5. The molecule has 0 fully saturated rings. The number of carboxylic acids is 1. The summed E-state index contributed by atoms with van der Waals surface area (Å²) in [6, 6.07) is 16.8. The molecular weight excluding hydrogens is 428 g/mol. The van der Waals surface area contributed by atoms with Gasteiger partial charge in [-0.25, -0.2) is 9.78 Å². The minimum atomic E-state index is -0.963. The molecule has 0 amide bonds. The Kier molecular flexibility index (Phi) is 5.48. The molecule has 4 aromatic rings. The number of rotatable bonds is 6. The molecule has 2 aromatic carbocycles. The number of hydrogen-bond donors (Lipinski definition) is 1. The number of hydrogen-bond acceptors (Lipinski definition) is 4. The van der Waals surface area contributed by atoms with Crippen LogP contribution in [0, 0.1) is 13.8 Å². The average Bonchev–Trinajstić information content (AvgIpc) is 3.27. The zero-order valence-corrected chi connectivity index (χ0v) is 19.6. The molecule has 0 saturated carbocycles. The van der Waals surface area contributed by atoms with Gasteiger partial charge in [-0.05, 0) is 54.3 Å². The van der Waals surface area contributed by atoms with Crippen molar-refractivity contribution in [2.45, 2.75) is 38.8 Å². The van der Waals surface area contributed by atoms with Crippen LogP contribution in [0.25, 0.3) is 11.2 Å². The first kappa shape index (κ1) is 21.9. The lowest BCUT2D eigenvalue weighted by atomic mass is 9.95. The molecule has 0 radical (unpaired) electrons. The third kappa shape index (κ3) is 3.67. The lowest BCUT2D eigenvalue weighted by Crippen LogP contribution is -2.31. The summed E-state index contributed by atoms with van der Waals surface area (Å²) in [7, 11) is 2.09. The first-order chi connectivity index (χ1) is 16.3. The molecule has 34 heavy (non-hydrogen) atoms. The van der Waals surface area contributed by atoms with Gasteiger partial charge in [0.1, 0.15) is 0 Å². The Hall–Kier alpha value is -3.87. The number of likely N-dealkylation sites (N-methyl/N-ethyl adjacent to an activating group) is 1. The van der Waals surface area contributed by atoms with Gasteiger partial charge in [0.15, 0.2) is 5.65 Å². The van der Waals surface area contributed by atoms with Gasteiger partial charge in [0.05, 0.1) is 18.0 Å². The Morgan fingerprint density at radius 2 is 1.91 bits per heavy atom. The molecule has 0 bridgehead atoms. The third-order valence-corrected chi connectivity index (χ3v) is 6.81. The van der Waals surface area contributed by atoms with E-state index in [2.05, 4.69) is 42.9 Å². The van der Waals surface area contributed by atoms with E-state index in [0.29, 0.717) is 12.2 Å². The number of anilines is 1. The van der Waals surface area contributed by atoms with Gasteiger partial charge in [0, 0.05) is 37.9 Å². The number of carboxylic acid groups (broad SMARTS) is 1. The van der Waals surface area contributed by atoms with Crippen molar-refractivity contribution in [2.75, 3.05) is 18.5 Å². The topological polar surface area (TPSA) is 80.4 Å². The second kappa shape index (κ2) is 8.48. The van der Waals surface area contributed by atoms with Gasteiger partial charge in [0.2, 0.25) is 0 Å². The van der Waals surface area contributed by atoms with Crippen LogP contribution in [-0.4, -0.2) is 38.8 Å². The Bertz CT molecular complexity index is 1440. The van der Waals surface area contributed by atoms with E-state index in [1.54, 1.807) is 15.3 Å². The van der Waals surface area contributed by atoms with Crippen LogP contribution >= 0.6 is 0 Å². The van der Waals surface area contributed by atoms with Crippen LogP contribution in [0.5, 0.6) is 0 Å². The van der Waals surface area contributed by atoms with Crippen molar-refractivity contribution >= 4 is 22.8 Å². The summed E-state index contributed by atoms with van der Waals surface area (Å²) in [6.45, 7) is 5.55. The smallest absolute Gasteiger partial charge is 0.330 e. The molecule has 5 rings (SSSR count). The zero-order valence-electron chi connectivity index (χ0n) is 19.6. The highest BCUT2D eigenvalue weighted by Crippen LogP contribution is 2.39. The number of carbonyl (C=O) groups is 1. The maximum Gasteiger partial charge on any atom is 0.330 e. The van der Waals surface area contributed by atoms with E-state index in [9.17, 15) is 14.7 Å². The molecular formula is C27H28N4O3. The summed E-state index contributed by atoms with van der Waals surface area (Å²) in [5, 5.41) is 9.65. The van der Waals surface area contributed by atoms with Crippen molar-refractivity contribution in [3.05, 3.63) is 93.5 Å². The van der Waals surface area contributed by atoms with Gasteiger partial charge in [-0.1, -0.05) is 36.4 Å². The summed E-state index contributed by atoms with van der Waals surface area (Å²) in [4.78, 5) is 32.4. The largest absolute Gasteiger partial charge is 0.481 e. The van der Waals surface area contributed by atoms with E-state index >= 15 is 0 Å². The average molecular weight is 457 g/mol. The lowest BCUT2D eigenvalue weighted by Gasteiger charge is -2.17. The fourth-order valence-electron chi connectivity index (χ4n) is 5.46. The molecule has 7 nitrogen and oxygen atoms in total. The summed E-state index contributed by atoms with van der Waals surface area (Å²) in [5.41, 5.74) is 6.71. The molecule has 1 aliphatic rings. The SMILES string of the molecule is Cc1cc(C)c2c(c1)N(C)CC2Cn1c(=O)n([C@H](CC(=O)O)c2ccccc2)c2ncccc21. The van der Waals surface area contributed by atoms with Gasteiger partial charge in [-0.15, -0.1) is 0 Å². The summed E-state index contributed by atoms with van der Waals surface area (Å²) in [6.07, 6.45) is 1.45. The van der Waals surface area contributed by atoms with Crippen molar-refractivity contribution in [3.8, 4) is 0 Å². The number of aryl methyl sites for hydroxylation is 2. The van der Waals surface area contributed by atoms with Gasteiger partial charge in [0.25, 0.3) is 0 Å². The Labute approximate surface area is 197 Å². The van der Waals surface area contributed by atoms with Gasteiger partial charge >= 0.3 is 11.7 Å². The summed E-state index contributed by atoms with van der Waals surface area (Å²) >= 11 is 0. The molecule has 1 N–H and O–H groups in total. The second-order valence-electron chi connectivity index (χ2n) is 9.23. The fraction of sp³-hybridized carbons (Fsp3) is 0.296. The highest BCUT2D eigenvalue weighted by molar-refractivity contribution is 5.73. The Morgan fingerprint density at radius 3 is 2.65 bits per heavy atom. The normalized spacial score (nSPS) is 16.1. The number of fused-ring (bicyclic) bond motifs is 2. The van der Waals surface area contributed by atoms with Crippen LogP contribution < -0.4 is 10.6 Å². The predicted octanol–water partition coefficient (Wildman–Crippen LogP) is 4.11. The maximum absolute atomic E-state index is 13.9. The molecule has 174 valence electrons. The maximum atomic E-state index is 13.9. The van der Waals surface area contributed by atoms with Crippen LogP contribution in [0.15, 0.2) is 65.6 Å². The second-order valence-corrected chi connectivity index (χ2v) is 9.23. The predicted molar refractivity (Wildman–Crippen MR) is 133 cm³/mol. The molecule has 0 aliphatic carbocycles. The molecule has 1 unspecified atom stereocenters. The van der Waals surface area contributed by atoms with E-state index in [0.717, 1.165) is 17.6 Å². The van der Waals surface area contributed by atoms with Crippen molar-refractivity contribution < 1.29 is 9.90 Å². The lowest BCUT2D eigenvalue weighted by molar-refractivity contribution is -0.137. The van der Waals surface area contributed by atoms with Crippen LogP contribution in [0.1, 0.15) is 40.6 Å². The van der Waals surface area contributed by atoms with Crippen molar-refractivity contribution in [3.63, 3.8) is 0 Å². The number of imidazole rings is 1. The molecule has 0 spiro atoms. The molecule has 1 aliphatic heterocycles. The van der Waals surface area contributed by atoms with Crippen LogP contribution in [0.2, 0.25) is 0 Å². The van der Waals surface area contributed by atoms with Crippen molar-refractivity contribution in [1.82, 2.24) is 14.1 Å². The van der Waals surface area contributed by atoms with E-state index in [4.69, 9.17) is 0 Å². The number of pyridine rings is 1. The highest BCUT2D eigenvalue weighted by atomic mass is 16.4. The first-order valence-electron chi connectivity index (χ1n) is 11.5. The van der Waals surface area contributed by atoms with Gasteiger partial charge in [-0.2, -0.15) is 0 Å². The number of nitrogens with zero attached hydrogens (tertiary/aromatic N) is 4. The monoisotopic (exact) mass is 456 g/mol. The molecule has 0 saturated heterocycles. The fourth-order valence-corrected chi connectivity index (χ4v) is 5.46. The molecule has 2 atom stereocenters. The molecule has 2 aromatic heterocycles. The highest BCUT2D eigenvalue weighted by Gasteiger charge is 2.31. The number of aromatic nitrogens is 3. The van der Waals surface area contributed by atoms with Crippen LogP contribution in [-0.2, 0) is 11.3 Å². The van der Waals surface area contributed by atoms with Gasteiger partial charge in [-0.3, -0.25) is 13.9 Å². The van der Waals surface area contributed by atoms with E-state index in [1.165, 1.54) is 22.4 Å². The minimum absolute atomic E-state index is 0.146. The quantitative estimate of drug-likeness (QED) is 0.472. The zero-order chi connectivity index (χ0) is 24.0. The number of benzene rings is 2. The standard InChI is InChI=1S/C27H28N4O3/c1-17-12-18(2)25-20(15-29(3)23(25)13-17)16-30-21-10-7-11-28-26(21)31(27(30)34)22(14-24(32)33)19-8-5-4-6-9-19/h4-13,20,22H,14-16H2,1-3H3,(H,32,33)/t20?,22-/m1/s1. The van der Waals surface area contributed by atoms with Crippen LogP contribution in [0.3, 0.4) is 0 Å².